The lowest BCUT2D eigenvalue weighted by molar-refractivity contribution is 0.374. The average molecular weight is 657 g/mol. The molecule has 0 aliphatic carbocycles. The summed E-state index contributed by atoms with van der Waals surface area (Å²) in [6.45, 7) is 11.1. The lowest BCUT2D eigenvalue weighted by Gasteiger charge is -2.32. The van der Waals surface area contributed by atoms with Gasteiger partial charge in [-0.25, -0.2) is 0 Å². The van der Waals surface area contributed by atoms with Gasteiger partial charge in [0, 0.05) is 31.7 Å². The topological polar surface area (TPSA) is 49.7 Å². The zero-order chi connectivity index (χ0) is 29.1. The Morgan fingerprint density at radius 2 is 1.32 bits per heavy atom. The van der Waals surface area contributed by atoms with Gasteiger partial charge < -0.3 is 14.9 Å². The minimum Gasteiger partial charge on any atom is -0.508 e. The molecular weight excluding hydrogens is 619 g/mol. The van der Waals surface area contributed by atoms with Gasteiger partial charge in [0.2, 0.25) is 0 Å². The fraction of sp³-hybridized carbons (Fsp3) is 0.297. The number of aromatic hydroxyl groups is 2. The van der Waals surface area contributed by atoms with Crippen molar-refractivity contribution in [3.05, 3.63) is 104 Å². The number of halogens is 1. The fourth-order valence-electron chi connectivity index (χ4n) is 6.36. The molecule has 41 heavy (non-hydrogen) atoms. The molecule has 5 aromatic carbocycles. The summed E-state index contributed by atoms with van der Waals surface area (Å²) >= 11 is 2.39. The number of phenolic OH excluding ortho intramolecular Hbond substituents is 2. The molecule has 2 N–H and O–H groups in total. The van der Waals surface area contributed by atoms with E-state index in [2.05, 4.69) is 112 Å². The largest absolute Gasteiger partial charge is 0.508 e. The highest BCUT2D eigenvalue weighted by atomic mass is 127. The lowest BCUT2D eigenvalue weighted by Crippen LogP contribution is -2.14. The van der Waals surface area contributed by atoms with E-state index in [0.29, 0.717) is 17.4 Å². The van der Waals surface area contributed by atoms with Crippen LogP contribution in [0.4, 0.5) is 0 Å². The molecule has 3 nitrogen and oxygen atoms in total. The molecule has 1 atom stereocenters. The SMILES string of the molecule is CC(C)Cc1c(O)ccc2c3c(ccc12)Oc1ccc2c(CCC(C)(C)C)c(O)ccc2c1C3c1cccc(I)c1. The lowest BCUT2D eigenvalue weighted by atomic mass is 9.77. The Morgan fingerprint density at radius 3 is 1.88 bits per heavy atom. The van der Waals surface area contributed by atoms with E-state index < -0.39 is 0 Å². The molecule has 1 aliphatic heterocycles. The third-order valence-corrected chi connectivity index (χ3v) is 8.97. The van der Waals surface area contributed by atoms with Crippen LogP contribution in [0.2, 0.25) is 0 Å². The van der Waals surface area contributed by atoms with Crippen molar-refractivity contribution in [2.45, 2.75) is 59.8 Å². The molecule has 1 aliphatic rings. The minimum absolute atomic E-state index is 0.0766. The van der Waals surface area contributed by atoms with Crippen molar-refractivity contribution < 1.29 is 14.9 Å². The fourth-order valence-corrected chi connectivity index (χ4v) is 6.93. The Morgan fingerprint density at radius 1 is 0.756 bits per heavy atom. The predicted molar refractivity (Wildman–Crippen MR) is 178 cm³/mol. The summed E-state index contributed by atoms with van der Waals surface area (Å²) in [6, 6.07) is 24.9. The molecular formula is C37H37IO3. The first-order valence-electron chi connectivity index (χ1n) is 14.5. The standard InChI is InChI=1S/C37H37IO3/c1-21(2)19-29-25-12-16-33-36(28(25)10-14-31(29)40)34(22-7-6-8-23(38)20-22)35-27-9-13-30(39)26(17-18-37(3,4)5)24(27)11-15-32(35)41-33/h6-16,20-21,34,39-40H,17-19H2,1-5H3. The number of hydrogen-bond acceptors (Lipinski definition) is 3. The van der Waals surface area contributed by atoms with E-state index >= 15 is 0 Å². The minimum atomic E-state index is -0.0766. The third kappa shape index (κ3) is 5.16. The summed E-state index contributed by atoms with van der Waals surface area (Å²) in [6.07, 6.45) is 2.58. The first-order valence-corrected chi connectivity index (χ1v) is 15.6. The van der Waals surface area contributed by atoms with Crippen LogP contribution in [-0.4, -0.2) is 10.2 Å². The van der Waals surface area contributed by atoms with Gasteiger partial charge in [0.25, 0.3) is 0 Å². The number of hydrogen-bond donors (Lipinski definition) is 2. The van der Waals surface area contributed by atoms with Crippen LogP contribution in [0.1, 0.15) is 74.8 Å². The van der Waals surface area contributed by atoms with E-state index in [1.165, 1.54) is 9.13 Å². The molecule has 0 amide bonds. The van der Waals surface area contributed by atoms with Gasteiger partial charge in [-0.05, 0) is 117 Å². The van der Waals surface area contributed by atoms with Crippen molar-refractivity contribution in [3.63, 3.8) is 0 Å². The van der Waals surface area contributed by atoms with Crippen LogP contribution in [0.15, 0.2) is 72.8 Å². The van der Waals surface area contributed by atoms with E-state index in [4.69, 9.17) is 4.74 Å². The number of rotatable bonds is 5. The Balaban J connectivity index is 1.66. The Bertz CT molecular complexity index is 1800. The molecule has 0 bridgehead atoms. The average Bonchev–Trinajstić information content (AvgIpc) is 2.91. The molecule has 5 aromatic rings. The third-order valence-electron chi connectivity index (χ3n) is 8.30. The van der Waals surface area contributed by atoms with Gasteiger partial charge in [0.1, 0.15) is 23.0 Å². The van der Waals surface area contributed by atoms with E-state index in [1.54, 1.807) is 0 Å². The van der Waals surface area contributed by atoms with Crippen LogP contribution in [0.3, 0.4) is 0 Å². The highest BCUT2D eigenvalue weighted by Gasteiger charge is 2.33. The molecule has 0 spiro atoms. The second-order valence-corrected chi connectivity index (χ2v) is 14.3. The predicted octanol–water partition coefficient (Wildman–Crippen LogP) is 10.5. The zero-order valence-electron chi connectivity index (χ0n) is 24.4. The van der Waals surface area contributed by atoms with Gasteiger partial charge in [-0.3, -0.25) is 0 Å². The van der Waals surface area contributed by atoms with Crippen LogP contribution in [0.25, 0.3) is 21.5 Å². The van der Waals surface area contributed by atoms with Crippen molar-refractivity contribution in [2.24, 2.45) is 11.3 Å². The van der Waals surface area contributed by atoms with E-state index in [9.17, 15) is 10.2 Å². The van der Waals surface area contributed by atoms with E-state index in [1.807, 2.05) is 18.2 Å². The number of ether oxygens (including phenoxy) is 1. The first-order chi connectivity index (χ1) is 19.5. The maximum Gasteiger partial charge on any atom is 0.132 e. The summed E-state index contributed by atoms with van der Waals surface area (Å²) in [7, 11) is 0. The Hall–Kier alpha value is -3.25. The maximum atomic E-state index is 11.0. The molecule has 4 heteroatoms. The van der Waals surface area contributed by atoms with Gasteiger partial charge in [-0.15, -0.1) is 0 Å². The maximum absolute atomic E-state index is 11.0. The van der Waals surface area contributed by atoms with Crippen molar-refractivity contribution >= 4 is 44.1 Å². The van der Waals surface area contributed by atoms with Crippen LogP contribution in [0, 0.1) is 14.9 Å². The number of benzene rings is 5. The molecule has 1 unspecified atom stereocenters. The smallest absolute Gasteiger partial charge is 0.132 e. The van der Waals surface area contributed by atoms with Crippen LogP contribution >= 0.6 is 22.6 Å². The normalized spacial score (nSPS) is 14.8. The first kappa shape index (κ1) is 27.9. The van der Waals surface area contributed by atoms with Gasteiger partial charge in [0.15, 0.2) is 0 Å². The molecule has 0 fully saturated rings. The van der Waals surface area contributed by atoms with Crippen LogP contribution in [-0.2, 0) is 12.8 Å². The quantitative estimate of drug-likeness (QED) is 0.182. The molecule has 0 saturated heterocycles. The summed E-state index contributed by atoms with van der Waals surface area (Å²) < 4.78 is 7.86. The number of aryl methyl sites for hydroxylation is 1. The summed E-state index contributed by atoms with van der Waals surface area (Å²) in [4.78, 5) is 0. The summed E-state index contributed by atoms with van der Waals surface area (Å²) in [5.41, 5.74) is 5.59. The molecule has 0 radical (unpaired) electrons. The summed E-state index contributed by atoms with van der Waals surface area (Å²) in [5.74, 6) is 2.73. The van der Waals surface area contributed by atoms with Gasteiger partial charge in [-0.2, -0.15) is 0 Å². The van der Waals surface area contributed by atoms with Crippen molar-refractivity contribution in [3.8, 4) is 23.0 Å². The van der Waals surface area contributed by atoms with Gasteiger partial charge >= 0.3 is 0 Å². The second kappa shape index (κ2) is 10.5. The number of fused-ring (bicyclic) bond motifs is 6. The molecule has 0 aromatic heterocycles. The monoisotopic (exact) mass is 656 g/mol. The molecule has 210 valence electrons. The Kier molecular flexibility index (Phi) is 7.17. The van der Waals surface area contributed by atoms with Crippen LogP contribution in [0.5, 0.6) is 23.0 Å². The van der Waals surface area contributed by atoms with Crippen LogP contribution < -0.4 is 4.74 Å². The zero-order valence-corrected chi connectivity index (χ0v) is 26.5. The van der Waals surface area contributed by atoms with Crippen molar-refractivity contribution in [1.29, 1.82) is 0 Å². The van der Waals surface area contributed by atoms with Gasteiger partial charge in [0.05, 0.1) is 0 Å². The summed E-state index contributed by atoms with van der Waals surface area (Å²) in [5, 5.41) is 26.3. The van der Waals surface area contributed by atoms with Gasteiger partial charge in [-0.1, -0.05) is 71.0 Å². The molecule has 1 heterocycles. The molecule has 0 saturated carbocycles. The van der Waals surface area contributed by atoms with Crippen molar-refractivity contribution in [2.75, 3.05) is 0 Å². The Labute approximate surface area is 256 Å². The second-order valence-electron chi connectivity index (χ2n) is 13.0. The number of phenols is 2. The van der Waals surface area contributed by atoms with Crippen molar-refractivity contribution in [1.82, 2.24) is 0 Å². The highest BCUT2D eigenvalue weighted by molar-refractivity contribution is 14.1. The highest BCUT2D eigenvalue weighted by Crippen LogP contribution is 2.53. The molecule has 6 rings (SSSR count). The van der Waals surface area contributed by atoms with E-state index in [0.717, 1.165) is 74.6 Å². The van der Waals surface area contributed by atoms with E-state index in [-0.39, 0.29) is 11.3 Å².